The van der Waals surface area contributed by atoms with Crippen LogP contribution in [0, 0.1) is 0 Å². The minimum atomic E-state index is -3.08. The Hall–Kier alpha value is -0.620. The van der Waals surface area contributed by atoms with E-state index in [2.05, 4.69) is 17.6 Å². The van der Waals surface area contributed by atoms with Crippen molar-refractivity contribution in [1.82, 2.24) is 10.6 Å². The van der Waals surface area contributed by atoms with Crippen molar-refractivity contribution in [2.24, 2.45) is 0 Å². The third-order valence-corrected chi connectivity index (χ3v) is 6.67. The predicted octanol–water partition coefficient (Wildman–Crippen LogP) is 0.991. The first-order valence-electron chi connectivity index (χ1n) is 7.71. The molecular formula is C14H26N2O3S. The van der Waals surface area contributed by atoms with Crippen LogP contribution in [0.5, 0.6) is 0 Å². The van der Waals surface area contributed by atoms with Crippen molar-refractivity contribution >= 4 is 15.7 Å². The Balaban J connectivity index is 1.74. The first kappa shape index (κ1) is 15.8. The highest BCUT2D eigenvalue weighted by molar-refractivity contribution is 7.92. The molecule has 2 atom stereocenters. The molecule has 1 saturated carbocycles. The van der Waals surface area contributed by atoms with E-state index in [9.17, 15) is 13.2 Å². The van der Waals surface area contributed by atoms with Crippen LogP contribution in [-0.4, -0.2) is 44.0 Å². The van der Waals surface area contributed by atoms with Gasteiger partial charge in [0.25, 0.3) is 0 Å². The Labute approximate surface area is 121 Å². The maximum absolute atomic E-state index is 12.1. The van der Waals surface area contributed by atoms with E-state index in [1.807, 2.05) is 0 Å². The molecular weight excluding hydrogens is 276 g/mol. The highest BCUT2D eigenvalue weighted by atomic mass is 32.2. The van der Waals surface area contributed by atoms with E-state index in [0.29, 0.717) is 6.04 Å². The fourth-order valence-corrected chi connectivity index (χ4v) is 5.07. The minimum absolute atomic E-state index is 0.00399. The van der Waals surface area contributed by atoms with Crippen LogP contribution in [0.15, 0.2) is 0 Å². The fourth-order valence-electron chi connectivity index (χ4n) is 3.21. The molecule has 0 radical (unpaired) electrons. The average molecular weight is 302 g/mol. The highest BCUT2D eigenvalue weighted by Gasteiger charge is 2.29. The first-order chi connectivity index (χ1) is 9.47. The van der Waals surface area contributed by atoms with E-state index in [1.165, 1.54) is 0 Å². The standard InChI is InChI=1S/C14H26N2O3S/c1-11-10-12(6-8-15-11)16-14(17)7-9-20(18,19)13-4-2-3-5-13/h11-13,15H,2-10H2,1H3,(H,16,17). The van der Waals surface area contributed by atoms with Gasteiger partial charge in [0.15, 0.2) is 9.84 Å². The molecule has 2 rings (SSSR count). The third-order valence-electron chi connectivity index (χ3n) is 4.41. The Morgan fingerprint density at radius 2 is 1.95 bits per heavy atom. The van der Waals surface area contributed by atoms with Crippen molar-refractivity contribution in [1.29, 1.82) is 0 Å². The molecule has 0 aromatic carbocycles. The van der Waals surface area contributed by atoms with Gasteiger partial charge in [-0.25, -0.2) is 8.42 Å². The smallest absolute Gasteiger partial charge is 0.221 e. The summed E-state index contributed by atoms with van der Waals surface area (Å²) in [5.74, 6) is -0.116. The molecule has 1 amide bonds. The lowest BCUT2D eigenvalue weighted by atomic mass is 10.0. The zero-order valence-electron chi connectivity index (χ0n) is 12.2. The molecule has 1 saturated heterocycles. The van der Waals surface area contributed by atoms with Gasteiger partial charge in [-0.3, -0.25) is 4.79 Å². The quantitative estimate of drug-likeness (QED) is 0.794. The zero-order chi connectivity index (χ0) is 14.6. The average Bonchev–Trinajstić information content (AvgIpc) is 2.91. The number of amides is 1. The maximum atomic E-state index is 12.1. The number of nitrogens with one attached hydrogen (secondary N) is 2. The summed E-state index contributed by atoms with van der Waals surface area (Å²) in [6.45, 7) is 3.01. The fraction of sp³-hybridized carbons (Fsp3) is 0.929. The van der Waals surface area contributed by atoms with Crippen molar-refractivity contribution in [3.05, 3.63) is 0 Å². The van der Waals surface area contributed by atoms with E-state index < -0.39 is 9.84 Å². The molecule has 2 unspecified atom stereocenters. The molecule has 2 N–H and O–H groups in total. The lowest BCUT2D eigenvalue weighted by molar-refractivity contribution is -0.121. The Kier molecular flexibility index (Phi) is 5.43. The van der Waals surface area contributed by atoms with Crippen LogP contribution in [-0.2, 0) is 14.6 Å². The Morgan fingerprint density at radius 3 is 2.60 bits per heavy atom. The summed E-state index contributed by atoms with van der Waals surface area (Å²) >= 11 is 0. The number of hydrogen-bond acceptors (Lipinski definition) is 4. The SMILES string of the molecule is CC1CC(NC(=O)CCS(=O)(=O)C2CCCC2)CCN1. The summed E-state index contributed by atoms with van der Waals surface area (Å²) in [4.78, 5) is 11.9. The lowest BCUT2D eigenvalue weighted by Gasteiger charge is -2.28. The van der Waals surface area contributed by atoms with Gasteiger partial charge in [-0.05, 0) is 39.2 Å². The summed E-state index contributed by atoms with van der Waals surface area (Å²) in [7, 11) is -3.08. The molecule has 116 valence electrons. The van der Waals surface area contributed by atoms with Gasteiger partial charge in [-0.15, -0.1) is 0 Å². The second kappa shape index (κ2) is 6.89. The lowest BCUT2D eigenvalue weighted by Crippen LogP contribution is -2.46. The van der Waals surface area contributed by atoms with E-state index in [1.54, 1.807) is 0 Å². The maximum Gasteiger partial charge on any atom is 0.221 e. The number of carbonyl (C=O) groups excluding carboxylic acids is 1. The van der Waals surface area contributed by atoms with Crippen LogP contribution in [0.25, 0.3) is 0 Å². The van der Waals surface area contributed by atoms with Crippen LogP contribution in [0.3, 0.4) is 0 Å². The number of piperidine rings is 1. The van der Waals surface area contributed by atoms with Crippen molar-refractivity contribution in [2.45, 2.75) is 69.2 Å². The molecule has 0 aromatic heterocycles. The monoisotopic (exact) mass is 302 g/mol. The van der Waals surface area contributed by atoms with Crippen molar-refractivity contribution in [3.8, 4) is 0 Å². The van der Waals surface area contributed by atoms with Crippen LogP contribution in [0.1, 0.15) is 51.9 Å². The Bertz CT molecular complexity index is 430. The second-order valence-corrected chi connectivity index (χ2v) is 8.57. The van der Waals surface area contributed by atoms with Gasteiger partial charge in [0.05, 0.1) is 11.0 Å². The summed E-state index contributed by atoms with van der Waals surface area (Å²) in [6, 6.07) is 0.601. The van der Waals surface area contributed by atoms with Gasteiger partial charge < -0.3 is 10.6 Å². The molecule has 0 aromatic rings. The second-order valence-electron chi connectivity index (χ2n) is 6.17. The highest BCUT2D eigenvalue weighted by Crippen LogP contribution is 2.25. The molecule has 1 aliphatic carbocycles. The molecule has 6 heteroatoms. The molecule has 20 heavy (non-hydrogen) atoms. The van der Waals surface area contributed by atoms with Crippen LogP contribution < -0.4 is 10.6 Å². The number of rotatable bonds is 5. The Morgan fingerprint density at radius 1 is 1.25 bits per heavy atom. The summed E-state index contributed by atoms with van der Waals surface area (Å²) < 4.78 is 24.2. The summed E-state index contributed by atoms with van der Waals surface area (Å²) in [6.07, 6.45) is 5.50. The molecule has 0 spiro atoms. The molecule has 0 bridgehead atoms. The normalized spacial score (nSPS) is 28.4. The van der Waals surface area contributed by atoms with E-state index >= 15 is 0 Å². The van der Waals surface area contributed by atoms with Gasteiger partial charge in [0.1, 0.15) is 0 Å². The van der Waals surface area contributed by atoms with Crippen molar-refractivity contribution in [3.63, 3.8) is 0 Å². The predicted molar refractivity (Wildman–Crippen MR) is 79.3 cm³/mol. The zero-order valence-corrected chi connectivity index (χ0v) is 13.0. The van der Waals surface area contributed by atoms with Gasteiger partial charge in [-0.1, -0.05) is 12.8 Å². The van der Waals surface area contributed by atoms with Gasteiger partial charge in [0.2, 0.25) is 5.91 Å². The van der Waals surface area contributed by atoms with Crippen LogP contribution in [0.2, 0.25) is 0 Å². The minimum Gasteiger partial charge on any atom is -0.353 e. The van der Waals surface area contributed by atoms with Gasteiger partial charge in [-0.2, -0.15) is 0 Å². The van der Waals surface area contributed by atoms with Crippen molar-refractivity contribution < 1.29 is 13.2 Å². The van der Waals surface area contributed by atoms with Crippen molar-refractivity contribution in [2.75, 3.05) is 12.3 Å². The van der Waals surface area contributed by atoms with E-state index in [0.717, 1.165) is 45.1 Å². The molecule has 2 aliphatic rings. The first-order valence-corrected chi connectivity index (χ1v) is 9.43. The van der Waals surface area contributed by atoms with Crippen LogP contribution in [0.4, 0.5) is 0 Å². The molecule has 2 fully saturated rings. The van der Waals surface area contributed by atoms with E-state index in [4.69, 9.17) is 0 Å². The summed E-state index contributed by atoms with van der Waals surface area (Å²) in [5, 5.41) is 6.10. The number of carbonyl (C=O) groups is 1. The number of hydrogen-bond donors (Lipinski definition) is 2. The molecule has 5 nitrogen and oxygen atoms in total. The number of sulfone groups is 1. The van der Waals surface area contributed by atoms with Gasteiger partial charge in [0, 0.05) is 18.5 Å². The van der Waals surface area contributed by atoms with Gasteiger partial charge >= 0.3 is 0 Å². The molecule has 1 aliphatic heterocycles. The topological polar surface area (TPSA) is 75.3 Å². The molecule has 1 heterocycles. The summed E-state index contributed by atoms with van der Waals surface area (Å²) in [5.41, 5.74) is 0. The van der Waals surface area contributed by atoms with Crippen LogP contribution >= 0.6 is 0 Å². The third kappa shape index (κ3) is 4.45. The largest absolute Gasteiger partial charge is 0.353 e. The van der Waals surface area contributed by atoms with E-state index in [-0.39, 0.29) is 29.4 Å².